The number of rotatable bonds is 19. The Labute approximate surface area is 206 Å². The molecule has 0 spiro atoms. The highest BCUT2D eigenvalue weighted by atomic mass is 32.2. The summed E-state index contributed by atoms with van der Waals surface area (Å²) in [4.78, 5) is 23.2. The second-order valence-electron chi connectivity index (χ2n) is 8.74. The monoisotopic (exact) mass is 478 g/mol. The molecule has 0 aliphatic carbocycles. The average Bonchev–Trinajstić information content (AvgIpc) is 2.73. The maximum Gasteiger partial charge on any atom is 0.242 e. The van der Waals surface area contributed by atoms with Crippen molar-refractivity contribution in [2.45, 2.75) is 92.2 Å². The lowest BCUT2D eigenvalue weighted by Crippen LogP contribution is -2.47. The Morgan fingerprint density at radius 1 is 1.03 bits per heavy atom. The number of hydrogen-bond acceptors (Lipinski definition) is 5. The molecule has 0 aliphatic heterocycles. The Hall–Kier alpha value is -2.15. The van der Waals surface area contributed by atoms with E-state index in [4.69, 9.17) is 0 Å². The number of thioether (sulfide) groups is 1. The van der Waals surface area contributed by atoms with Crippen LogP contribution in [0.1, 0.15) is 80.1 Å². The summed E-state index contributed by atoms with van der Waals surface area (Å²) in [5.74, 6) is 1.63. The number of allylic oxidation sites excluding steroid dienone is 6. The number of carbonyl (C=O) groups excluding carboxylic acids is 2. The highest BCUT2D eigenvalue weighted by Gasteiger charge is 2.18. The van der Waals surface area contributed by atoms with Crippen molar-refractivity contribution in [1.82, 2.24) is 21.5 Å². The molecule has 33 heavy (non-hydrogen) atoms. The molecule has 0 bridgehead atoms. The van der Waals surface area contributed by atoms with Gasteiger partial charge in [-0.05, 0) is 66.7 Å². The molecule has 4 N–H and O–H groups in total. The molecule has 0 fully saturated rings. The highest BCUT2D eigenvalue weighted by Crippen LogP contribution is 2.12. The van der Waals surface area contributed by atoms with Crippen LogP contribution in [0.25, 0.3) is 0 Å². The second-order valence-corrected chi connectivity index (χ2v) is 9.81. The molecule has 0 rings (SSSR count). The Kier molecular flexibility index (Phi) is 18.1. The smallest absolute Gasteiger partial charge is 0.242 e. The van der Waals surface area contributed by atoms with E-state index >= 15 is 0 Å². The molecule has 6 nitrogen and oxygen atoms in total. The first-order valence-corrected chi connectivity index (χ1v) is 13.1. The minimum Gasteiger partial charge on any atom is -0.378 e. The molecule has 0 radical (unpaired) electrons. The summed E-state index contributed by atoms with van der Waals surface area (Å²) in [6.07, 6.45) is 12.9. The van der Waals surface area contributed by atoms with Gasteiger partial charge in [-0.2, -0.15) is 11.8 Å². The molecule has 2 unspecified atom stereocenters. The first-order chi connectivity index (χ1) is 15.7. The van der Waals surface area contributed by atoms with Crippen LogP contribution in [-0.2, 0) is 9.59 Å². The zero-order valence-electron chi connectivity index (χ0n) is 21.6. The maximum absolute atomic E-state index is 12.5. The molecule has 0 saturated heterocycles. The van der Waals surface area contributed by atoms with Gasteiger partial charge in [0.1, 0.15) is 6.04 Å². The number of nitrogens with one attached hydrogen (secondary N) is 4. The zero-order valence-corrected chi connectivity index (χ0v) is 22.4. The third-order valence-electron chi connectivity index (χ3n) is 4.81. The largest absolute Gasteiger partial charge is 0.378 e. The van der Waals surface area contributed by atoms with E-state index in [0.29, 0.717) is 6.41 Å². The van der Waals surface area contributed by atoms with Gasteiger partial charge in [0, 0.05) is 28.9 Å². The molecule has 2 atom stereocenters. The molecule has 7 heteroatoms. The van der Waals surface area contributed by atoms with Crippen molar-refractivity contribution < 1.29 is 9.59 Å². The zero-order chi connectivity index (χ0) is 25.1. The van der Waals surface area contributed by atoms with E-state index in [-0.39, 0.29) is 18.0 Å². The summed E-state index contributed by atoms with van der Waals surface area (Å²) in [6, 6.07) is -0.165. The van der Waals surface area contributed by atoms with Gasteiger partial charge in [0.15, 0.2) is 0 Å². The SMILES string of the molecule is C=C(C)NC(CCC)C(=O)NC(C)CSC/C=C(/CC/C=C(\C)CCC=C(C)C)NNC=O. The number of hydrogen-bond donors (Lipinski definition) is 4. The number of hydrazine groups is 1. The fourth-order valence-electron chi connectivity index (χ4n) is 3.15. The van der Waals surface area contributed by atoms with Gasteiger partial charge >= 0.3 is 0 Å². The lowest BCUT2D eigenvalue weighted by Gasteiger charge is -2.21. The second kappa shape index (κ2) is 19.3. The first kappa shape index (κ1) is 30.9. The van der Waals surface area contributed by atoms with E-state index in [0.717, 1.165) is 61.4 Å². The van der Waals surface area contributed by atoms with E-state index in [9.17, 15) is 9.59 Å². The van der Waals surface area contributed by atoms with Crippen molar-refractivity contribution in [1.29, 1.82) is 0 Å². The van der Waals surface area contributed by atoms with E-state index in [1.807, 2.05) is 13.8 Å². The van der Waals surface area contributed by atoms with E-state index in [1.54, 1.807) is 11.8 Å². The van der Waals surface area contributed by atoms with Gasteiger partial charge in [0.25, 0.3) is 0 Å². The molecule has 0 heterocycles. The summed E-state index contributed by atoms with van der Waals surface area (Å²) < 4.78 is 0. The van der Waals surface area contributed by atoms with Gasteiger partial charge in [0.05, 0.1) is 0 Å². The van der Waals surface area contributed by atoms with Crippen LogP contribution in [0.15, 0.2) is 47.3 Å². The summed E-state index contributed by atoms with van der Waals surface area (Å²) in [6.45, 7) is 16.2. The van der Waals surface area contributed by atoms with Gasteiger partial charge in [-0.1, -0.05) is 49.3 Å². The van der Waals surface area contributed by atoms with E-state index < -0.39 is 0 Å². The lowest BCUT2D eigenvalue weighted by atomic mass is 10.1. The van der Waals surface area contributed by atoms with E-state index in [2.05, 4.69) is 74.0 Å². The van der Waals surface area contributed by atoms with Crippen molar-refractivity contribution >= 4 is 24.1 Å². The molecule has 0 aromatic rings. The Balaban J connectivity index is 4.53. The summed E-state index contributed by atoms with van der Waals surface area (Å²) in [5.41, 5.74) is 10.1. The molecular weight excluding hydrogens is 432 g/mol. The lowest BCUT2D eigenvalue weighted by molar-refractivity contribution is -0.123. The van der Waals surface area contributed by atoms with Crippen molar-refractivity contribution in [3.63, 3.8) is 0 Å². The Morgan fingerprint density at radius 3 is 2.33 bits per heavy atom. The molecule has 0 aromatic heterocycles. The van der Waals surface area contributed by atoms with Crippen molar-refractivity contribution in [3.8, 4) is 0 Å². The quantitative estimate of drug-likeness (QED) is 0.0896. The molecule has 0 saturated carbocycles. The van der Waals surface area contributed by atoms with Crippen LogP contribution in [0.2, 0.25) is 0 Å². The summed E-state index contributed by atoms with van der Waals surface area (Å²) in [5, 5.41) is 6.25. The van der Waals surface area contributed by atoms with E-state index in [1.165, 1.54) is 11.1 Å². The standard InChI is InChI=1S/C26H46N4O2S/c1-8-11-25(28-21(4)5)26(32)29-23(7)18-33-17-16-24(30-27-19-31)15-10-14-22(6)13-9-12-20(2)3/h12,14,16,19,23,25,28,30H,4,8-11,13,15,17-18H2,1-3,5-7H3,(H,27,31)(H,29,32)/b22-14+,24-16-. The number of carbonyl (C=O) groups is 2. The van der Waals surface area contributed by atoms with Crippen molar-refractivity contribution in [2.75, 3.05) is 11.5 Å². The number of amides is 2. The highest BCUT2D eigenvalue weighted by molar-refractivity contribution is 7.99. The van der Waals surface area contributed by atoms with Crippen LogP contribution in [-0.4, -0.2) is 35.9 Å². The molecular formula is C26H46N4O2S. The molecule has 2 amide bonds. The average molecular weight is 479 g/mol. The van der Waals surface area contributed by atoms with Crippen molar-refractivity contribution in [2.24, 2.45) is 0 Å². The fourth-order valence-corrected chi connectivity index (χ4v) is 4.04. The minimum absolute atomic E-state index is 0.0211. The van der Waals surface area contributed by atoms with Gasteiger partial charge in [-0.25, -0.2) is 0 Å². The van der Waals surface area contributed by atoms with Gasteiger partial charge in [0.2, 0.25) is 12.3 Å². The minimum atomic E-state index is -0.233. The van der Waals surface area contributed by atoms with Gasteiger partial charge in [-0.3, -0.25) is 15.0 Å². The molecule has 188 valence electrons. The van der Waals surface area contributed by atoms with Gasteiger partial charge in [-0.15, -0.1) is 0 Å². The predicted octanol–water partition coefficient (Wildman–Crippen LogP) is 5.12. The normalized spacial score (nSPS) is 13.5. The maximum atomic E-state index is 12.5. The molecule has 0 aliphatic rings. The van der Waals surface area contributed by atoms with Crippen LogP contribution >= 0.6 is 11.8 Å². The van der Waals surface area contributed by atoms with Crippen LogP contribution in [0.5, 0.6) is 0 Å². The predicted molar refractivity (Wildman–Crippen MR) is 144 cm³/mol. The van der Waals surface area contributed by atoms with Crippen molar-refractivity contribution in [3.05, 3.63) is 47.3 Å². The van der Waals surface area contributed by atoms with Gasteiger partial charge < -0.3 is 16.1 Å². The Morgan fingerprint density at radius 2 is 1.73 bits per heavy atom. The summed E-state index contributed by atoms with van der Waals surface area (Å²) >= 11 is 1.75. The topological polar surface area (TPSA) is 82.3 Å². The first-order valence-electron chi connectivity index (χ1n) is 11.9. The Bertz CT molecular complexity index is 682. The van der Waals surface area contributed by atoms with Crippen LogP contribution in [0.3, 0.4) is 0 Å². The summed E-state index contributed by atoms with van der Waals surface area (Å²) in [7, 11) is 0. The van der Waals surface area contributed by atoms with Crippen LogP contribution in [0, 0.1) is 0 Å². The third kappa shape index (κ3) is 18.0. The third-order valence-corrected chi connectivity index (χ3v) is 5.95. The molecule has 0 aromatic carbocycles. The fraction of sp³-hybridized carbons (Fsp3) is 0.615. The van der Waals surface area contributed by atoms with Crippen LogP contribution < -0.4 is 21.5 Å². The van der Waals surface area contributed by atoms with Crippen LogP contribution in [0.4, 0.5) is 0 Å².